The number of amides is 1. The molecule has 0 radical (unpaired) electrons. The normalized spacial score (nSPS) is 10.4. The number of rotatable bonds is 9. The Morgan fingerprint density at radius 1 is 1.27 bits per heavy atom. The highest BCUT2D eigenvalue weighted by atomic mass is 32.2. The van der Waals surface area contributed by atoms with Crippen LogP contribution in [0.2, 0.25) is 0 Å². The van der Waals surface area contributed by atoms with Crippen molar-refractivity contribution in [2.75, 3.05) is 32.3 Å². The number of methoxy groups -OCH3 is 2. The van der Waals surface area contributed by atoms with Crippen LogP contribution in [0.1, 0.15) is 15.4 Å². The number of hydrogen-bond acceptors (Lipinski definition) is 7. The summed E-state index contributed by atoms with van der Waals surface area (Å²) < 4.78 is 10.5. The van der Waals surface area contributed by atoms with Crippen LogP contribution in [0.4, 0.5) is 0 Å². The van der Waals surface area contributed by atoms with Gasteiger partial charge >= 0.3 is 5.97 Å². The zero-order chi connectivity index (χ0) is 19.1. The van der Waals surface area contributed by atoms with Crippen LogP contribution in [0.3, 0.4) is 0 Å². The van der Waals surface area contributed by atoms with Crippen molar-refractivity contribution in [1.82, 2.24) is 10.3 Å². The summed E-state index contributed by atoms with van der Waals surface area (Å²) in [7, 11) is 3.14. The number of benzene rings is 1. The Labute approximate surface area is 159 Å². The van der Waals surface area contributed by atoms with Crippen molar-refractivity contribution in [2.24, 2.45) is 0 Å². The van der Waals surface area contributed by atoms with E-state index in [1.54, 1.807) is 27.2 Å². The van der Waals surface area contributed by atoms with E-state index in [9.17, 15) is 9.59 Å². The van der Waals surface area contributed by atoms with Crippen LogP contribution in [0.25, 0.3) is 10.6 Å². The first kappa shape index (κ1) is 20.1. The number of ether oxygens (including phenoxy) is 2. The summed E-state index contributed by atoms with van der Waals surface area (Å²) in [5, 5.41) is 12.1. The first-order valence-corrected chi connectivity index (χ1v) is 9.71. The molecule has 0 spiro atoms. The summed E-state index contributed by atoms with van der Waals surface area (Å²) in [5.41, 5.74) is 1.49. The van der Waals surface area contributed by atoms with Gasteiger partial charge in [-0.2, -0.15) is 0 Å². The van der Waals surface area contributed by atoms with E-state index in [2.05, 4.69) is 10.3 Å². The van der Waals surface area contributed by atoms with E-state index in [4.69, 9.17) is 14.6 Å². The molecule has 7 nitrogen and oxygen atoms in total. The number of aryl methyl sites for hydroxylation is 1. The van der Waals surface area contributed by atoms with E-state index in [-0.39, 0.29) is 11.7 Å². The molecule has 0 aliphatic heterocycles. The summed E-state index contributed by atoms with van der Waals surface area (Å²) >= 11 is 2.56. The lowest BCUT2D eigenvalue weighted by Crippen LogP contribution is -2.25. The number of thioether (sulfide) groups is 1. The largest absolute Gasteiger partial charge is 0.493 e. The van der Waals surface area contributed by atoms with Gasteiger partial charge in [-0.15, -0.1) is 23.1 Å². The number of carbonyl (C=O) groups excluding carboxylic acids is 1. The molecule has 140 valence electrons. The molecule has 1 heterocycles. The zero-order valence-corrected chi connectivity index (χ0v) is 16.3. The van der Waals surface area contributed by atoms with Crippen LogP contribution < -0.4 is 14.8 Å². The molecule has 1 amide bonds. The summed E-state index contributed by atoms with van der Waals surface area (Å²) in [6.45, 7) is 2.19. The van der Waals surface area contributed by atoms with Crippen molar-refractivity contribution in [1.29, 1.82) is 0 Å². The minimum atomic E-state index is -0.862. The number of hydrogen-bond donors (Lipinski definition) is 2. The molecular formula is C17H20N2O5S2. The van der Waals surface area contributed by atoms with Crippen LogP contribution in [0, 0.1) is 6.92 Å². The summed E-state index contributed by atoms with van der Waals surface area (Å²) in [6.07, 6.45) is 0. The monoisotopic (exact) mass is 396 g/mol. The van der Waals surface area contributed by atoms with Crippen LogP contribution in [0.5, 0.6) is 11.5 Å². The second kappa shape index (κ2) is 9.44. The quantitative estimate of drug-likeness (QED) is 0.629. The fraction of sp³-hybridized carbons (Fsp3) is 0.353. The van der Waals surface area contributed by atoms with Crippen LogP contribution in [0.15, 0.2) is 18.2 Å². The van der Waals surface area contributed by atoms with Crippen molar-refractivity contribution >= 4 is 35.0 Å². The van der Waals surface area contributed by atoms with E-state index in [0.29, 0.717) is 39.4 Å². The Kier molecular flexibility index (Phi) is 7.28. The lowest BCUT2D eigenvalue weighted by molar-refractivity contribution is -0.133. The van der Waals surface area contributed by atoms with Gasteiger partial charge in [0.2, 0.25) is 0 Å². The van der Waals surface area contributed by atoms with Crippen molar-refractivity contribution in [3.05, 3.63) is 28.8 Å². The van der Waals surface area contributed by atoms with Gasteiger partial charge in [0.05, 0.1) is 25.7 Å². The topological polar surface area (TPSA) is 97.8 Å². The van der Waals surface area contributed by atoms with Gasteiger partial charge in [-0.3, -0.25) is 9.59 Å². The molecule has 0 bridgehead atoms. The van der Waals surface area contributed by atoms with Gasteiger partial charge in [0, 0.05) is 17.9 Å². The summed E-state index contributed by atoms with van der Waals surface area (Å²) in [5.74, 6) is 0.722. The number of aromatic nitrogens is 1. The number of aliphatic carboxylic acids is 1. The van der Waals surface area contributed by atoms with E-state index >= 15 is 0 Å². The summed E-state index contributed by atoms with van der Waals surface area (Å²) in [6, 6.07) is 5.48. The first-order valence-electron chi connectivity index (χ1n) is 7.73. The highest BCUT2D eigenvalue weighted by Crippen LogP contribution is 2.34. The van der Waals surface area contributed by atoms with E-state index in [1.807, 2.05) is 12.1 Å². The van der Waals surface area contributed by atoms with Gasteiger partial charge in [0.1, 0.15) is 9.88 Å². The first-order chi connectivity index (χ1) is 12.5. The van der Waals surface area contributed by atoms with Gasteiger partial charge in [-0.1, -0.05) is 0 Å². The second-order valence-electron chi connectivity index (χ2n) is 5.21. The van der Waals surface area contributed by atoms with Gasteiger partial charge in [0.15, 0.2) is 11.5 Å². The third-order valence-electron chi connectivity index (χ3n) is 3.39. The van der Waals surface area contributed by atoms with Crippen LogP contribution >= 0.6 is 23.1 Å². The molecule has 0 atom stereocenters. The molecule has 26 heavy (non-hydrogen) atoms. The van der Waals surface area contributed by atoms with Crippen LogP contribution in [-0.4, -0.2) is 54.2 Å². The predicted octanol–water partition coefficient (Wildman–Crippen LogP) is 2.68. The Morgan fingerprint density at radius 2 is 2.00 bits per heavy atom. The highest BCUT2D eigenvalue weighted by Gasteiger charge is 2.17. The van der Waals surface area contributed by atoms with Crippen molar-refractivity contribution < 1.29 is 24.2 Å². The van der Waals surface area contributed by atoms with E-state index in [1.165, 1.54) is 23.1 Å². The fourth-order valence-electron chi connectivity index (χ4n) is 2.18. The molecule has 2 N–H and O–H groups in total. The van der Waals surface area contributed by atoms with Gasteiger partial charge in [-0.05, 0) is 25.1 Å². The highest BCUT2D eigenvalue weighted by molar-refractivity contribution is 7.99. The lowest BCUT2D eigenvalue weighted by Gasteiger charge is -2.08. The van der Waals surface area contributed by atoms with Gasteiger partial charge in [-0.25, -0.2) is 4.98 Å². The average molecular weight is 396 g/mol. The average Bonchev–Trinajstić information content (AvgIpc) is 3.02. The van der Waals surface area contributed by atoms with Crippen molar-refractivity contribution in [2.45, 2.75) is 6.92 Å². The number of carbonyl (C=O) groups is 2. The number of carboxylic acids is 1. The molecule has 9 heteroatoms. The molecule has 0 saturated heterocycles. The zero-order valence-electron chi connectivity index (χ0n) is 14.7. The minimum Gasteiger partial charge on any atom is -0.493 e. The Hall–Kier alpha value is -2.26. The van der Waals surface area contributed by atoms with Crippen molar-refractivity contribution in [3.8, 4) is 22.1 Å². The maximum Gasteiger partial charge on any atom is 0.313 e. The molecular weight excluding hydrogens is 376 g/mol. The second-order valence-corrected chi connectivity index (χ2v) is 7.31. The molecule has 0 unspecified atom stereocenters. The SMILES string of the molecule is COc1ccc(-c2nc(C)c(C(=O)NCCSCC(=O)O)s2)cc1OC. The standard InChI is InChI=1S/C17H20N2O5S2/c1-10-15(16(22)18-6-7-25-9-14(20)21)26-17(19-10)11-4-5-12(23-2)13(8-11)24-3/h4-5,8H,6-7,9H2,1-3H3,(H,18,22)(H,20,21). The Balaban J connectivity index is 2.06. The molecule has 1 aromatic heterocycles. The molecule has 0 fully saturated rings. The van der Waals surface area contributed by atoms with Crippen LogP contribution in [-0.2, 0) is 4.79 Å². The molecule has 1 aromatic carbocycles. The maximum atomic E-state index is 12.3. The van der Waals surface area contributed by atoms with Gasteiger partial charge < -0.3 is 19.9 Å². The molecule has 2 rings (SSSR count). The third kappa shape index (κ3) is 5.12. The predicted molar refractivity (Wildman–Crippen MR) is 103 cm³/mol. The summed E-state index contributed by atoms with van der Waals surface area (Å²) in [4.78, 5) is 27.8. The van der Waals surface area contributed by atoms with Gasteiger partial charge in [0.25, 0.3) is 5.91 Å². The number of nitrogens with one attached hydrogen (secondary N) is 1. The van der Waals surface area contributed by atoms with Crippen molar-refractivity contribution in [3.63, 3.8) is 0 Å². The smallest absolute Gasteiger partial charge is 0.313 e. The number of nitrogens with zero attached hydrogens (tertiary/aromatic N) is 1. The third-order valence-corrected chi connectivity index (χ3v) is 5.54. The maximum absolute atomic E-state index is 12.3. The van der Waals surface area contributed by atoms with E-state index in [0.717, 1.165) is 5.56 Å². The molecule has 0 aliphatic carbocycles. The Morgan fingerprint density at radius 3 is 2.65 bits per heavy atom. The fourth-order valence-corrected chi connectivity index (χ4v) is 3.72. The van der Waals surface area contributed by atoms with E-state index < -0.39 is 5.97 Å². The number of thiazole rings is 1. The minimum absolute atomic E-state index is 0.0267. The number of carboxylic acid groups (broad SMARTS) is 1. The molecule has 0 aliphatic rings. The Bertz CT molecular complexity index is 791. The lowest BCUT2D eigenvalue weighted by atomic mass is 10.2. The molecule has 2 aromatic rings. The molecule has 0 saturated carbocycles.